The molecule has 2 aliphatic carbocycles. The molecule has 3 rings (SSSR count). The first kappa shape index (κ1) is 12.5. The van der Waals surface area contributed by atoms with Crippen LogP contribution in [0.3, 0.4) is 0 Å². The number of nitrogen functional groups attached to an aromatic ring is 1. The van der Waals surface area contributed by atoms with Crippen molar-refractivity contribution >= 4 is 11.7 Å². The van der Waals surface area contributed by atoms with Crippen LogP contribution in [0.2, 0.25) is 0 Å². The fourth-order valence-electron chi connectivity index (χ4n) is 3.83. The number of fused-ring (bicyclic) bond motifs is 2. The highest BCUT2D eigenvalue weighted by Gasteiger charge is 2.39. The van der Waals surface area contributed by atoms with Gasteiger partial charge in [0.25, 0.3) is 0 Å². The number of amidine groups is 1. The van der Waals surface area contributed by atoms with Crippen LogP contribution in [0.4, 0.5) is 5.82 Å². The van der Waals surface area contributed by atoms with Crippen LogP contribution >= 0.6 is 0 Å². The van der Waals surface area contributed by atoms with Crippen LogP contribution in [-0.2, 0) is 0 Å². The molecular formula is C15H22N4. The van der Waals surface area contributed by atoms with Crippen LogP contribution in [0.25, 0.3) is 0 Å². The maximum Gasteiger partial charge on any atom is 0.141 e. The molecule has 1 aromatic rings. The average molecular weight is 258 g/mol. The molecule has 0 amide bonds. The molecule has 19 heavy (non-hydrogen) atoms. The van der Waals surface area contributed by atoms with E-state index >= 15 is 0 Å². The van der Waals surface area contributed by atoms with Crippen molar-refractivity contribution in [2.75, 3.05) is 18.5 Å². The van der Waals surface area contributed by atoms with Gasteiger partial charge in [0.2, 0.25) is 0 Å². The Balaban J connectivity index is 1.68. The largest absolute Gasteiger partial charge is 0.382 e. The lowest BCUT2D eigenvalue weighted by Crippen LogP contribution is -2.29. The second-order valence-corrected chi connectivity index (χ2v) is 6.11. The first-order valence-corrected chi connectivity index (χ1v) is 7.16. The van der Waals surface area contributed by atoms with Crippen molar-refractivity contribution in [3.63, 3.8) is 0 Å². The molecule has 0 aromatic carbocycles. The zero-order valence-electron chi connectivity index (χ0n) is 11.5. The molecule has 2 saturated carbocycles. The molecule has 0 spiro atoms. The molecule has 0 radical (unpaired) electrons. The van der Waals surface area contributed by atoms with E-state index in [1.54, 1.807) is 6.07 Å². The number of anilines is 1. The van der Waals surface area contributed by atoms with E-state index in [0.29, 0.717) is 5.69 Å². The van der Waals surface area contributed by atoms with Crippen molar-refractivity contribution in [1.82, 2.24) is 4.98 Å². The van der Waals surface area contributed by atoms with Crippen molar-refractivity contribution in [3.05, 3.63) is 23.9 Å². The molecule has 1 heterocycles. The Kier molecular flexibility index (Phi) is 3.17. The third kappa shape index (κ3) is 2.44. The van der Waals surface area contributed by atoms with Crippen molar-refractivity contribution in [1.29, 1.82) is 5.41 Å². The summed E-state index contributed by atoms with van der Waals surface area (Å²) < 4.78 is 0. The predicted octanol–water partition coefficient (Wildman–Crippen LogP) is 2.24. The Bertz CT molecular complexity index is 485. The predicted molar refractivity (Wildman–Crippen MR) is 77.5 cm³/mol. The van der Waals surface area contributed by atoms with Gasteiger partial charge in [-0.1, -0.05) is 12.5 Å². The molecule has 1 aromatic heterocycles. The minimum Gasteiger partial charge on any atom is -0.382 e. The lowest BCUT2D eigenvalue weighted by Gasteiger charge is -2.28. The monoisotopic (exact) mass is 258 g/mol. The van der Waals surface area contributed by atoms with Gasteiger partial charge in [0.15, 0.2) is 0 Å². The van der Waals surface area contributed by atoms with Crippen LogP contribution in [0.1, 0.15) is 31.4 Å². The zero-order chi connectivity index (χ0) is 13.4. The van der Waals surface area contributed by atoms with Crippen molar-refractivity contribution in [3.8, 4) is 0 Å². The fraction of sp³-hybridized carbons (Fsp3) is 0.600. The van der Waals surface area contributed by atoms with Crippen LogP contribution < -0.4 is 10.6 Å². The molecule has 4 heteroatoms. The van der Waals surface area contributed by atoms with Gasteiger partial charge in [-0.3, -0.25) is 5.41 Å². The molecule has 0 saturated heterocycles. The Morgan fingerprint density at radius 3 is 2.89 bits per heavy atom. The maximum atomic E-state index is 7.46. The van der Waals surface area contributed by atoms with E-state index < -0.39 is 0 Å². The number of aromatic nitrogens is 1. The quantitative estimate of drug-likeness (QED) is 0.643. The third-order valence-electron chi connectivity index (χ3n) is 4.79. The van der Waals surface area contributed by atoms with Gasteiger partial charge in [-0.2, -0.15) is 0 Å². The number of hydrogen-bond donors (Lipinski definition) is 2. The summed E-state index contributed by atoms with van der Waals surface area (Å²) >= 11 is 0. The van der Waals surface area contributed by atoms with Gasteiger partial charge in [0.1, 0.15) is 17.3 Å². The minimum atomic E-state index is 0.0372. The normalized spacial score (nSPS) is 28.6. The summed E-state index contributed by atoms with van der Waals surface area (Å²) in [6.45, 7) is 1.08. The molecule has 2 bridgehead atoms. The zero-order valence-corrected chi connectivity index (χ0v) is 11.5. The highest BCUT2D eigenvalue weighted by atomic mass is 15.2. The lowest BCUT2D eigenvalue weighted by atomic mass is 9.88. The first-order valence-electron chi connectivity index (χ1n) is 7.16. The summed E-state index contributed by atoms with van der Waals surface area (Å²) in [6, 6.07) is 5.72. The maximum absolute atomic E-state index is 7.46. The molecule has 2 fully saturated rings. The van der Waals surface area contributed by atoms with E-state index in [4.69, 9.17) is 11.1 Å². The van der Waals surface area contributed by atoms with Crippen molar-refractivity contribution < 1.29 is 0 Å². The number of nitrogens with zero attached hydrogens (tertiary/aromatic N) is 2. The van der Waals surface area contributed by atoms with Crippen LogP contribution in [0.5, 0.6) is 0 Å². The molecule has 2 aliphatic rings. The number of nitrogens with one attached hydrogen (secondary N) is 1. The summed E-state index contributed by atoms with van der Waals surface area (Å²) in [5, 5.41) is 7.46. The summed E-state index contributed by atoms with van der Waals surface area (Å²) in [4.78, 5) is 6.67. The number of rotatable bonds is 4. The van der Waals surface area contributed by atoms with Gasteiger partial charge < -0.3 is 10.6 Å². The smallest absolute Gasteiger partial charge is 0.141 e. The highest BCUT2D eigenvalue weighted by molar-refractivity contribution is 5.93. The second-order valence-electron chi connectivity index (χ2n) is 6.11. The second kappa shape index (κ2) is 4.83. The third-order valence-corrected chi connectivity index (χ3v) is 4.79. The van der Waals surface area contributed by atoms with E-state index in [-0.39, 0.29) is 5.84 Å². The van der Waals surface area contributed by atoms with E-state index in [1.165, 1.54) is 25.7 Å². The van der Waals surface area contributed by atoms with Crippen molar-refractivity contribution in [2.24, 2.45) is 23.5 Å². The lowest BCUT2D eigenvalue weighted by molar-refractivity contribution is 0.337. The van der Waals surface area contributed by atoms with E-state index in [9.17, 15) is 0 Å². The van der Waals surface area contributed by atoms with Crippen LogP contribution in [-0.4, -0.2) is 24.4 Å². The molecule has 3 atom stereocenters. The molecule has 0 aliphatic heterocycles. The minimum absolute atomic E-state index is 0.0372. The van der Waals surface area contributed by atoms with Gasteiger partial charge in [-0.15, -0.1) is 0 Å². The fourth-order valence-corrected chi connectivity index (χ4v) is 3.83. The molecule has 3 N–H and O–H groups in total. The topological polar surface area (TPSA) is 66.0 Å². The van der Waals surface area contributed by atoms with E-state index in [1.807, 2.05) is 12.1 Å². The Morgan fingerprint density at radius 2 is 2.26 bits per heavy atom. The molecule has 102 valence electrons. The van der Waals surface area contributed by atoms with Gasteiger partial charge in [0.05, 0.1) is 0 Å². The van der Waals surface area contributed by atoms with E-state index in [0.717, 1.165) is 30.1 Å². The molecule has 4 nitrogen and oxygen atoms in total. The van der Waals surface area contributed by atoms with E-state index in [2.05, 4.69) is 16.9 Å². The van der Waals surface area contributed by atoms with Gasteiger partial charge >= 0.3 is 0 Å². The summed E-state index contributed by atoms with van der Waals surface area (Å²) in [5.74, 6) is 3.71. The van der Waals surface area contributed by atoms with Crippen LogP contribution in [0, 0.1) is 23.2 Å². The van der Waals surface area contributed by atoms with Crippen molar-refractivity contribution in [2.45, 2.75) is 25.7 Å². The standard InChI is InChI=1S/C15H22N4/c1-19(9-12-8-10-5-6-11(12)7-10)14-4-2-3-13(18-14)15(16)17/h2-4,10-12H,5-9H2,1H3,(H3,16,17). The number of nitrogens with two attached hydrogens (primary N) is 1. The van der Waals surface area contributed by atoms with Gasteiger partial charge in [-0.25, -0.2) is 4.98 Å². The first-order chi connectivity index (χ1) is 9.13. The SMILES string of the molecule is CN(CC1CC2CCC1C2)c1cccc(C(=N)N)n1. The Morgan fingerprint density at radius 1 is 1.42 bits per heavy atom. The number of pyridine rings is 1. The Hall–Kier alpha value is -1.58. The molecule has 3 unspecified atom stereocenters. The number of hydrogen-bond acceptors (Lipinski definition) is 3. The average Bonchev–Trinajstić information content (AvgIpc) is 3.01. The van der Waals surface area contributed by atoms with Gasteiger partial charge in [-0.05, 0) is 49.1 Å². The Labute approximate surface area is 114 Å². The summed E-state index contributed by atoms with van der Waals surface area (Å²) in [5.41, 5.74) is 6.06. The summed E-state index contributed by atoms with van der Waals surface area (Å²) in [7, 11) is 2.10. The summed E-state index contributed by atoms with van der Waals surface area (Å²) in [6.07, 6.45) is 5.70. The molecular weight excluding hydrogens is 236 g/mol. The van der Waals surface area contributed by atoms with Crippen LogP contribution in [0.15, 0.2) is 18.2 Å². The highest BCUT2D eigenvalue weighted by Crippen LogP contribution is 2.48. The van der Waals surface area contributed by atoms with Gasteiger partial charge in [0, 0.05) is 13.6 Å².